The van der Waals surface area contributed by atoms with E-state index >= 15 is 0 Å². The van der Waals surface area contributed by atoms with Crippen LogP contribution >= 0.6 is 0 Å². The molecular weight excluding hydrogens is 564 g/mol. The van der Waals surface area contributed by atoms with Crippen molar-refractivity contribution >= 4 is 38.7 Å². The number of aliphatic hydroxyl groups is 1. The molecule has 4 aliphatic rings. The average Bonchev–Trinajstić information content (AvgIpc) is 3.62. The van der Waals surface area contributed by atoms with Crippen LogP contribution in [0.2, 0.25) is 0 Å². The molecule has 42 heavy (non-hydrogen) atoms. The summed E-state index contributed by atoms with van der Waals surface area (Å²) in [5.74, 6) is -3.00. The number of amides is 1. The highest BCUT2D eigenvalue weighted by Crippen LogP contribution is 2.54. The van der Waals surface area contributed by atoms with E-state index in [1.807, 2.05) is 18.0 Å². The maximum absolute atomic E-state index is 13.9. The lowest BCUT2D eigenvalue weighted by molar-refractivity contribution is -0.0220. The number of hydrogen-bond acceptors (Lipinski definition) is 7. The minimum atomic E-state index is -3.84. The molecule has 1 spiro atoms. The Hall–Kier alpha value is -2.96. The molecule has 0 radical (unpaired) electrons. The Bertz CT molecular complexity index is 1460. The Kier molecular flexibility index (Phi) is 7.59. The van der Waals surface area contributed by atoms with Crippen molar-refractivity contribution in [2.45, 2.75) is 55.8 Å². The zero-order valence-electron chi connectivity index (χ0n) is 24.0. The highest BCUT2D eigenvalue weighted by Gasteiger charge is 2.44. The second kappa shape index (κ2) is 10.9. The van der Waals surface area contributed by atoms with Gasteiger partial charge in [0.05, 0.1) is 34.3 Å². The molecular formula is C30H39F2N5O4S. The van der Waals surface area contributed by atoms with E-state index in [1.165, 1.54) is 18.9 Å². The molecule has 3 fully saturated rings. The lowest BCUT2D eigenvalue weighted by Gasteiger charge is -2.36. The molecule has 3 heterocycles. The number of piperidine rings is 2. The highest BCUT2D eigenvalue weighted by atomic mass is 32.2. The van der Waals surface area contributed by atoms with E-state index < -0.39 is 15.9 Å². The van der Waals surface area contributed by atoms with Crippen LogP contribution in [0.5, 0.6) is 0 Å². The fourth-order valence-corrected chi connectivity index (χ4v) is 7.60. The van der Waals surface area contributed by atoms with Crippen LogP contribution in [-0.2, 0) is 16.4 Å². The molecule has 0 aromatic heterocycles. The molecule has 228 valence electrons. The van der Waals surface area contributed by atoms with Crippen molar-refractivity contribution in [3.05, 3.63) is 41.5 Å². The molecule has 1 saturated carbocycles. The van der Waals surface area contributed by atoms with E-state index in [4.69, 9.17) is 5.11 Å². The van der Waals surface area contributed by atoms with Gasteiger partial charge in [-0.15, -0.1) is 0 Å². The van der Waals surface area contributed by atoms with Gasteiger partial charge in [0, 0.05) is 64.7 Å². The SMILES string of the molecule is CN1CCc2cc(C(=O)Nc3ccc(S(=O)(=O)NCCO)cc3N3CCC4(CC3)CC4)cc(N3CCC(F)(F)CC3)c21. The van der Waals surface area contributed by atoms with Crippen LogP contribution in [0.3, 0.4) is 0 Å². The molecule has 9 nitrogen and oxygen atoms in total. The number of sulfonamides is 1. The largest absolute Gasteiger partial charge is 0.395 e. The smallest absolute Gasteiger partial charge is 0.255 e. The van der Waals surface area contributed by atoms with Crippen LogP contribution in [0.15, 0.2) is 35.2 Å². The summed E-state index contributed by atoms with van der Waals surface area (Å²) in [6, 6.07) is 8.36. The summed E-state index contributed by atoms with van der Waals surface area (Å²) in [6.45, 7) is 2.37. The van der Waals surface area contributed by atoms with Crippen LogP contribution in [-0.4, -0.2) is 78.3 Å². The van der Waals surface area contributed by atoms with Crippen molar-refractivity contribution in [1.82, 2.24) is 4.72 Å². The molecule has 2 aromatic rings. The van der Waals surface area contributed by atoms with E-state index in [9.17, 15) is 22.0 Å². The number of rotatable bonds is 8. The molecule has 1 aliphatic carbocycles. The topological polar surface area (TPSA) is 105 Å². The fourth-order valence-electron chi connectivity index (χ4n) is 6.56. The molecule has 2 aromatic carbocycles. The number of likely N-dealkylation sites (N-methyl/N-ethyl adjacent to an activating group) is 1. The van der Waals surface area contributed by atoms with Crippen LogP contribution in [0.25, 0.3) is 0 Å². The van der Waals surface area contributed by atoms with Crippen molar-refractivity contribution in [1.29, 1.82) is 0 Å². The lowest BCUT2D eigenvalue weighted by atomic mass is 9.93. The molecule has 1 amide bonds. The van der Waals surface area contributed by atoms with Gasteiger partial charge in [-0.25, -0.2) is 21.9 Å². The second-order valence-corrected chi connectivity index (χ2v) is 14.0. The third kappa shape index (κ3) is 5.80. The molecule has 3 N–H and O–H groups in total. The minimum absolute atomic E-state index is 0.0698. The molecule has 2 saturated heterocycles. The number of alkyl halides is 2. The Balaban J connectivity index is 1.30. The van der Waals surface area contributed by atoms with Gasteiger partial charge >= 0.3 is 0 Å². The normalized spacial score (nSPS) is 21.0. The molecule has 0 atom stereocenters. The summed E-state index contributed by atoms with van der Waals surface area (Å²) in [4.78, 5) is 20.0. The number of anilines is 4. The number of carbonyl (C=O) groups is 1. The maximum Gasteiger partial charge on any atom is 0.255 e. The maximum atomic E-state index is 13.9. The minimum Gasteiger partial charge on any atom is -0.395 e. The number of hydrogen-bond donors (Lipinski definition) is 3. The predicted octanol–water partition coefficient (Wildman–Crippen LogP) is 3.82. The molecule has 0 bridgehead atoms. The quantitative estimate of drug-likeness (QED) is 0.422. The van der Waals surface area contributed by atoms with Crippen molar-refractivity contribution in [2.24, 2.45) is 5.41 Å². The van der Waals surface area contributed by atoms with E-state index in [-0.39, 0.29) is 49.9 Å². The van der Waals surface area contributed by atoms with E-state index in [0.717, 1.165) is 55.8 Å². The highest BCUT2D eigenvalue weighted by molar-refractivity contribution is 7.89. The van der Waals surface area contributed by atoms with Gasteiger partial charge in [0.2, 0.25) is 10.0 Å². The Morgan fingerprint density at radius 1 is 0.929 bits per heavy atom. The lowest BCUT2D eigenvalue weighted by Crippen LogP contribution is -2.40. The van der Waals surface area contributed by atoms with Gasteiger partial charge in [-0.05, 0) is 73.4 Å². The number of fused-ring (bicyclic) bond motifs is 1. The Morgan fingerprint density at radius 2 is 1.60 bits per heavy atom. The van der Waals surface area contributed by atoms with Gasteiger partial charge in [-0.3, -0.25) is 4.79 Å². The number of nitrogens with zero attached hydrogens (tertiary/aromatic N) is 3. The summed E-state index contributed by atoms with van der Waals surface area (Å²) in [6.07, 6.45) is 4.84. The monoisotopic (exact) mass is 603 g/mol. The van der Waals surface area contributed by atoms with Gasteiger partial charge in [0.25, 0.3) is 11.8 Å². The predicted molar refractivity (Wildman–Crippen MR) is 160 cm³/mol. The standard InChI is InChI=1S/C30H39F2N5O4S/c1-35-12-4-21-18-22(19-26(27(21)35)37-15-9-30(31,32)10-16-37)28(39)34-24-3-2-23(42(40,41)33-11-17-38)20-25(24)36-13-7-29(5-6-29)8-14-36/h2-3,18-20,33,38H,4-17H2,1H3,(H,34,39). The van der Waals surface area contributed by atoms with Crippen molar-refractivity contribution < 1.29 is 27.1 Å². The fraction of sp³-hybridized carbons (Fsp3) is 0.567. The Morgan fingerprint density at radius 3 is 2.26 bits per heavy atom. The van der Waals surface area contributed by atoms with Crippen LogP contribution in [0.1, 0.15) is 54.4 Å². The van der Waals surface area contributed by atoms with Gasteiger partial charge < -0.3 is 25.1 Å². The first-order valence-electron chi connectivity index (χ1n) is 14.8. The van der Waals surface area contributed by atoms with E-state index in [0.29, 0.717) is 22.4 Å². The van der Waals surface area contributed by atoms with Crippen molar-refractivity contribution in [2.75, 3.05) is 72.9 Å². The summed E-state index contributed by atoms with van der Waals surface area (Å²) >= 11 is 0. The third-order valence-electron chi connectivity index (χ3n) is 9.42. The summed E-state index contributed by atoms with van der Waals surface area (Å²) in [5, 5.41) is 12.2. The number of benzene rings is 2. The van der Waals surface area contributed by atoms with Crippen molar-refractivity contribution in [3.63, 3.8) is 0 Å². The second-order valence-electron chi connectivity index (χ2n) is 12.3. The van der Waals surface area contributed by atoms with Crippen LogP contribution < -0.4 is 24.7 Å². The number of nitrogens with one attached hydrogen (secondary N) is 2. The summed E-state index contributed by atoms with van der Waals surface area (Å²) in [7, 11) is -1.86. The van der Waals surface area contributed by atoms with E-state index in [2.05, 4.69) is 19.8 Å². The summed E-state index contributed by atoms with van der Waals surface area (Å²) < 4.78 is 56.0. The van der Waals surface area contributed by atoms with Gasteiger partial charge in [0.1, 0.15) is 0 Å². The first-order valence-corrected chi connectivity index (χ1v) is 16.3. The van der Waals surface area contributed by atoms with Gasteiger partial charge in [-0.2, -0.15) is 0 Å². The van der Waals surface area contributed by atoms with Gasteiger partial charge in [0.15, 0.2) is 0 Å². The van der Waals surface area contributed by atoms with Crippen molar-refractivity contribution in [3.8, 4) is 0 Å². The molecule has 0 unspecified atom stereocenters. The molecule has 12 heteroatoms. The first kappa shape index (κ1) is 29.1. The zero-order valence-corrected chi connectivity index (χ0v) is 24.8. The van der Waals surface area contributed by atoms with Crippen LogP contribution in [0.4, 0.5) is 31.5 Å². The van der Waals surface area contributed by atoms with E-state index in [1.54, 1.807) is 18.2 Å². The van der Waals surface area contributed by atoms with Gasteiger partial charge in [-0.1, -0.05) is 0 Å². The number of carbonyl (C=O) groups excluding carboxylic acids is 1. The molecule has 6 rings (SSSR count). The number of aliphatic hydroxyl groups excluding tert-OH is 1. The average molecular weight is 604 g/mol. The van der Waals surface area contributed by atoms with Crippen LogP contribution in [0, 0.1) is 5.41 Å². The molecule has 3 aliphatic heterocycles. The zero-order chi connectivity index (χ0) is 29.7. The first-order chi connectivity index (χ1) is 20.0. The third-order valence-corrected chi connectivity index (χ3v) is 10.9. The number of halogens is 2. The Labute approximate surface area is 245 Å². The summed E-state index contributed by atoms with van der Waals surface area (Å²) in [5.41, 5.74) is 4.83.